The zero-order valence-electron chi connectivity index (χ0n) is 18.8. The van der Waals surface area contributed by atoms with Crippen molar-refractivity contribution in [3.63, 3.8) is 0 Å². The van der Waals surface area contributed by atoms with Crippen molar-refractivity contribution < 1.29 is 28.6 Å². The summed E-state index contributed by atoms with van der Waals surface area (Å²) in [4.78, 5) is 39.8. The van der Waals surface area contributed by atoms with Gasteiger partial charge in [-0.1, -0.05) is 23.8 Å². The van der Waals surface area contributed by atoms with Crippen molar-refractivity contribution in [2.75, 3.05) is 39.5 Å². The van der Waals surface area contributed by atoms with Crippen LogP contribution < -0.4 is 9.47 Å². The molecule has 4 atom stereocenters. The first kappa shape index (κ1) is 22.9. The number of halogens is 1. The Morgan fingerprint density at radius 1 is 1.15 bits per heavy atom. The molecule has 1 aromatic rings. The van der Waals surface area contributed by atoms with E-state index in [1.165, 1.54) is 6.21 Å². The third-order valence-corrected chi connectivity index (χ3v) is 7.09. The number of carbonyl (C=O) groups is 3. The number of nitrogens with zero attached hydrogens (tertiary/aromatic N) is 3. The summed E-state index contributed by atoms with van der Waals surface area (Å²) in [5, 5.41) is 5.42. The Morgan fingerprint density at radius 2 is 1.82 bits per heavy atom. The molecule has 0 radical (unpaired) electrons. The van der Waals surface area contributed by atoms with Crippen molar-refractivity contribution >= 4 is 35.5 Å². The van der Waals surface area contributed by atoms with Gasteiger partial charge in [-0.2, -0.15) is 10.1 Å². The molecular weight excluding hydrogens is 462 g/mol. The maximum Gasteiger partial charge on any atom is 0.260 e. The fourth-order valence-corrected chi connectivity index (χ4v) is 5.50. The van der Waals surface area contributed by atoms with Gasteiger partial charge in [-0.25, -0.2) is 0 Å². The molecule has 5 rings (SSSR count). The smallest absolute Gasteiger partial charge is 0.260 e. The first-order valence-corrected chi connectivity index (χ1v) is 11.9. The topological polar surface area (TPSA) is 97.7 Å². The quantitative estimate of drug-likeness (QED) is 0.332. The zero-order chi connectivity index (χ0) is 23.8. The third kappa shape index (κ3) is 4.07. The lowest BCUT2D eigenvalue weighted by molar-refractivity contribution is -0.140. The van der Waals surface area contributed by atoms with Crippen molar-refractivity contribution in [3.8, 4) is 11.5 Å². The van der Waals surface area contributed by atoms with Crippen LogP contribution in [0, 0.1) is 23.7 Å². The molecule has 2 heterocycles. The van der Waals surface area contributed by atoms with E-state index in [2.05, 4.69) is 5.10 Å². The van der Waals surface area contributed by atoms with E-state index in [0.29, 0.717) is 44.2 Å². The molecule has 2 saturated heterocycles. The van der Waals surface area contributed by atoms with E-state index in [9.17, 15) is 14.4 Å². The summed E-state index contributed by atoms with van der Waals surface area (Å²) >= 11 is 6.45. The largest absolute Gasteiger partial charge is 0.490 e. The highest BCUT2D eigenvalue weighted by molar-refractivity contribution is 6.32. The lowest BCUT2D eigenvalue weighted by atomic mass is 9.85. The number of hydrogen-bond donors (Lipinski definition) is 0. The van der Waals surface area contributed by atoms with Crippen LogP contribution in [-0.4, -0.2) is 73.4 Å². The number of hydrazone groups is 1. The lowest BCUT2D eigenvalue weighted by Crippen LogP contribution is -2.43. The van der Waals surface area contributed by atoms with E-state index in [1.54, 1.807) is 17.0 Å². The van der Waals surface area contributed by atoms with Gasteiger partial charge in [0, 0.05) is 13.1 Å². The molecule has 0 aromatic heterocycles. The summed E-state index contributed by atoms with van der Waals surface area (Å²) in [6, 6.07) is 3.25. The van der Waals surface area contributed by atoms with Crippen LogP contribution in [-0.2, 0) is 19.1 Å². The van der Waals surface area contributed by atoms with E-state index < -0.39 is 0 Å². The molecule has 0 N–H and O–H groups in total. The highest BCUT2D eigenvalue weighted by atomic mass is 35.5. The van der Waals surface area contributed by atoms with Gasteiger partial charge in [-0.15, -0.1) is 0 Å². The molecule has 34 heavy (non-hydrogen) atoms. The normalized spacial score (nSPS) is 27.7. The van der Waals surface area contributed by atoms with Crippen molar-refractivity contribution in [3.05, 3.63) is 34.9 Å². The molecule has 10 heteroatoms. The highest BCUT2D eigenvalue weighted by Crippen LogP contribution is 2.52. The summed E-state index contributed by atoms with van der Waals surface area (Å²) in [7, 11) is 0. The van der Waals surface area contributed by atoms with Gasteiger partial charge in [0.05, 0.1) is 42.9 Å². The molecule has 1 saturated carbocycles. The van der Waals surface area contributed by atoms with Crippen molar-refractivity contribution in [2.45, 2.75) is 13.3 Å². The van der Waals surface area contributed by atoms with Gasteiger partial charge in [0.25, 0.3) is 17.7 Å². The Balaban J connectivity index is 1.30. The highest BCUT2D eigenvalue weighted by Gasteiger charge is 2.59. The molecule has 3 amide bonds. The molecule has 4 aliphatic rings. The second-order valence-corrected chi connectivity index (χ2v) is 9.18. The van der Waals surface area contributed by atoms with Crippen LogP contribution in [0.1, 0.15) is 18.9 Å². The van der Waals surface area contributed by atoms with Gasteiger partial charge in [-0.3, -0.25) is 14.4 Å². The summed E-state index contributed by atoms with van der Waals surface area (Å²) in [5.41, 5.74) is 0.541. The van der Waals surface area contributed by atoms with E-state index in [1.807, 2.05) is 19.1 Å². The Bertz CT molecular complexity index is 1040. The van der Waals surface area contributed by atoms with Crippen LogP contribution in [0.3, 0.4) is 0 Å². The average Bonchev–Trinajstić information content (AvgIpc) is 3.52. The lowest BCUT2D eigenvalue weighted by Gasteiger charge is -2.27. The molecule has 0 spiro atoms. The van der Waals surface area contributed by atoms with Crippen LogP contribution in [0.5, 0.6) is 11.5 Å². The molecule has 2 aliphatic carbocycles. The Labute approximate surface area is 202 Å². The van der Waals surface area contributed by atoms with Gasteiger partial charge in [0.15, 0.2) is 18.1 Å². The van der Waals surface area contributed by atoms with E-state index in [4.69, 9.17) is 25.8 Å². The molecule has 1 aromatic carbocycles. The Kier molecular flexibility index (Phi) is 6.31. The third-order valence-electron chi connectivity index (χ3n) is 6.80. The first-order chi connectivity index (χ1) is 16.5. The van der Waals surface area contributed by atoms with E-state index in [0.717, 1.165) is 11.4 Å². The predicted octanol–water partition coefficient (Wildman–Crippen LogP) is 2.12. The second kappa shape index (κ2) is 9.38. The first-order valence-electron chi connectivity index (χ1n) is 11.5. The Morgan fingerprint density at radius 3 is 2.47 bits per heavy atom. The van der Waals surface area contributed by atoms with Gasteiger partial charge >= 0.3 is 0 Å². The predicted molar refractivity (Wildman–Crippen MR) is 123 cm³/mol. The number of imide groups is 1. The number of ether oxygens (including phenoxy) is 3. The number of fused-ring (bicyclic) bond motifs is 5. The Hall–Kier alpha value is -2.91. The second-order valence-electron chi connectivity index (χ2n) is 8.78. The number of benzene rings is 1. The van der Waals surface area contributed by atoms with Gasteiger partial charge in [0.1, 0.15) is 0 Å². The SMILES string of the molecule is CCOc1cc(C=NN2C(=O)C3C4C=CC(C4)C3C2=O)cc(Cl)c1OCC(=O)N1CCOCC1. The summed E-state index contributed by atoms with van der Waals surface area (Å²) in [5.74, 6) is -0.403. The maximum absolute atomic E-state index is 12.8. The molecular formula is C24H26ClN3O6. The van der Waals surface area contributed by atoms with E-state index in [-0.39, 0.29) is 58.8 Å². The zero-order valence-corrected chi connectivity index (χ0v) is 19.6. The minimum Gasteiger partial charge on any atom is -0.490 e. The standard InChI is InChI=1S/C24H26ClN3O6/c1-2-33-18-10-14(9-17(25)22(18)34-13-19(29)27-5-7-32-8-6-27)12-26-28-23(30)20-15-3-4-16(11-15)21(20)24(28)31/h3-4,9-10,12,15-16,20-21H,2,5-8,11,13H2,1H3. The van der Waals surface area contributed by atoms with Gasteiger partial charge < -0.3 is 19.1 Å². The number of allylic oxidation sites excluding steroid dienone is 2. The average molecular weight is 488 g/mol. The number of hydrogen-bond acceptors (Lipinski definition) is 7. The minimum absolute atomic E-state index is 0.127. The fourth-order valence-electron chi connectivity index (χ4n) is 5.23. The van der Waals surface area contributed by atoms with Crippen LogP contribution in [0.4, 0.5) is 0 Å². The number of carbonyl (C=O) groups excluding carboxylic acids is 3. The van der Waals surface area contributed by atoms with Crippen molar-refractivity contribution in [1.29, 1.82) is 0 Å². The van der Waals surface area contributed by atoms with Crippen LogP contribution in [0.25, 0.3) is 0 Å². The maximum atomic E-state index is 12.8. The number of morpholine rings is 1. The molecule has 180 valence electrons. The van der Waals surface area contributed by atoms with Crippen molar-refractivity contribution in [2.24, 2.45) is 28.8 Å². The minimum atomic E-state index is -0.304. The van der Waals surface area contributed by atoms with Crippen LogP contribution in [0.15, 0.2) is 29.4 Å². The summed E-state index contributed by atoms with van der Waals surface area (Å²) in [6.07, 6.45) is 6.37. The number of amides is 3. The van der Waals surface area contributed by atoms with E-state index >= 15 is 0 Å². The molecule has 9 nitrogen and oxygen atoms in total. The molecule has 3 fully saturated rings. The monoisotopic (exact) mass is 487 g/mol. The number of rotatable bonds is 7. The fraction of sp³-hybridized carbons (Fsp3) is 0.500. The van der Waals surface area contributed by atoms with Crippen LogP contribution in [0.2, 0.25) is 5.02 Å². The molecule has 4 unspecified atom stereocenters. The van der Waals surface area contributed by atoms with Gasteiger partial charge in [-0.05, 0) is 42.9 Å². The molecule has 2 aliphatic heterocycles. The van der Waals surface area contributed by atoms with Crippen molar-refractivity contribution in [1.82, 2.24) is 9.91 Å². The van der Waals surface area contributed by atoms with Gasteiger partial charge in [0.2, 0.25) is 0 Å². The summed E-state index contributed by atoms with van der Waals surface area (Å²) < 4.78 is 16.7. The van der Waals surface area contributed by atoms with Crippen LogP contribution >= 0.6 is 11.6 Å². The summed E-state index contributed by atoms with van der Waals surface area (Å²) in [6.45, 7) is 4.06. The molecule has 2 bridgehead atoms.